The highest BCUT2D eigenvalue weighted by atomic mass is 32.2. The fourth-order valence-electron chi connectivity index (χ4n) is 3.73. The molecule has 7 heteroatoms. The third kappa shape index (κ3) is 4.94. The smallest absolute Gasteiger partial charge is 0.264 e. The molecule has 1 amide bonds. The molecule has 0 heterocycles. The van der Waals surface area contributed by atoms with Gasteiger partial charge in [-0.1, -0.05) is 35.9 Å². The summed E-state index contributed by atoms with van der Waals surface area (Å²) in [6, 6.07) is 17.2. The number of aryl methyl sites for hydroxylation is 4. The van der Waals surface area contributed by atoms with Crippen LogP contribution in [0.25, 0.3) is 0 Å². The maximum Gasteiger partial charge on any atom is 0.264 e. The number of nitrogens with zero attached hydrogens (tertiary/aromatic N) is 1. The number of ether oxygens (including phenoxy) is 1. The topological polar surface area (TPSA) is 75.7 Å². The molecule has 168 valence electrons. The van der Waals surface area contributed by atoms with Crippen LogP contribution >= 0.6 is 0 Å². The molecule has 0 unspecified atom stereocenters. The van der Waals surface area contributed by atoms with Crippen LogP contribution in [0.3, 0.4) is 0 Å². The summed E-state index contributed by atoms with van der Waals surface area (Å²) in [6.07, 6.45) is 0. The Balaban J connectivity index is 1.97. The maximum atomic E-state index is 13.6. The summed E-state index contributed by atoms with van der Waals surface area (Å²) in [6.45, 7) is 7.25. The minimum Gasteiger partial charge on any atom is -0.496 e. The second-order valence-electron chi connectivity index (χ2n) is 7.80. The van der Waals surface area contributed by atoms with E-state index in [0.29, 0.717) is 22.7 Å². The van der Waals surface area contributed by atoms with E-state index in [1.54, 1.807) is 49.4 Å². The SMILES string of the molecule is COc1ccc(S(=O)(=O)N(CC(=O)Nc2c(C)cc(C)cc2C)c2ccccc2)cc1C. The Kier molecular flexibility index (Phi) is 6.89. The molecular weight excluding hydrogens is 424 g/mol. The molecule has 3 aromatic carbocycles. The van der Waals surface area contributed by atoms with Crippen molar-refractivity contribution < 1.29 is 17.9 Å². The molecule has 0 spiro atoms. The summed E-state index contributed by atoms with van der Waals surface area (Å²) in [4.78, 5) is 13.1. The van der Waals surface area contributed by atoms with E-state index in [0.717, 1.165) is 21.0 Å². The van der Waals surface area contributed by atoms with Gasteiger partial charge in [0.2, 0.25) is 5.91 Å². The number of benzene rings is 3. The van der Waals surface area contributed by atoms with Crippen LogP contribution in [0.4, 0.5) is 11.4 Å². The van der Waals surface area contributed by atoms with E-state index in [1.807, 2.05) is 32.9 Å². The first kappa shape index (κ1) is 23.3. The van der Waals surface area contributed by atoms with Gasteiger partial charge >= 0.3 is 0 Å². The highest BCUT2D eigenvalue weighted by Crippen LogP contribution is 2.28. The van der Waals surface area contributed by atoms with Crippen LogP contribution in [-0.4, -0.2) is 28.0 Å². The lowest BCUT2D eigenvalue weighted by molar-refractivity contribution is -0.114. The fraction of sp³-hybridized carbons (Fsp3) is 0.240. The Bertz CT molecular complexity index is 1220. The van der Waals surface area contributed by atoms with Crippen molar-refractivity contribution in [1.29, 1.82) is 0 Å². The van der Waals surface area contributed by atoms with Gasteiger partial charge in [-0.2, -0.15) is 0 Å². The van der Waals surface area contributed by atoms with Gasteiger partial charge < -0.3 is 10.1 Å². The normalized spacial score (nSPS) is 11.2. The number of nitrogens with one attached hydrogen (secondary N) is 1. The number of methoxy groups -OCH3 is 1. The van der Waals surface area contributed by atoms with E-state index in [4.69, 9.17) is 4.74 Å². The van der Waals surface area contributed by atoms with E-state index in [9.17, 15) is 13.2 Å². The monoisotopic (exact) mass is 452 g/mol. The van der Waals surface area contributed by atoms with Crippen LogP contribution in [0, 0.1) is 27.7 Å². The molecule has 0 radical (unpaired) electrons. The Morgan fingerprint density at radius 3 is 2.09 bits per heavy atom. The van der Waals surface area contributed by atoms with Gasteiger partial charge in [0.1, 0.15) is 12.3 Å². The molecule has 6 nitrogen and oxygen atoms in total. The summed E-state index contributed by atoms with van der Waals surface area (Å²) < 4.78 is 33.5. The summed E-state index contributed by atoms with van der Waals surface area (Å²) >= 11 is 0. The van der Waals surface area contributed by atoms with E-state index < -0.39 is 15.9 Å². The standard InChI is InChI=1S/C25H28N2O4S/c1-17-13-19(3)25(20(4)14-17)26-24(28)16-27(21-9-7-6-8-10-21)32(29,30)22-11-12-23(31-5)18(2)15-22/h6-15H,16H2,1-5H3,(H,26,28). The molecule has 3 aromatic rings. The number of amides is 1. The van der Waals surface area contributed by atoms with Crippen molar-refractivity contribution in [3.63, 3.8) is 0 Å². The number of sulfonamides is 1. The molecule has 0 fully saturated rings. The van der Waals surface area contributed by atoms with E-state index in [1.165, 1.54) is 13.2 Å². The van der Waals surface area contributed by atoms with Gasteiger partial charge in [0.15, 0.2) is 0 Å². The van der Waals surface area contributed by atoms with E-state index in [-0.39, 0.29) is 11.4 Å². The molecule has 0 saturated carbocycles. The molecule has 0 aliphatic heterocycles. The maximum absolute atomic E-state index is 13.6. The molecule has 0 aliphatic rings. The van der Waals surface area contributed by atoms with Gasteiger partial charge in [-0.25, -0.2) is 8.42 Å². The first-order valence-corrected chi connectivity index (χ1v) is 11.7. The van der Waals surface area contributed by atoms with Crippen LogP contribution in [-0.2, 0) is 14.8 Å². The highest BCUT2D eigenvalue weighted by Gasteiger charge is 2.28. The molecule has 32 heavy (non-hydrogen) atoms. The largest absolute Gasteiger partial charge is 0.496 e. The summed E-state index contributed by atoms with van der Waals surface area (Å²) in [5.74, 6) is 0.177. The molecule has 1 N–H and O–H groups in total. The number of rotatable bonds is 7. The van der Waals surface area contributed by atoms with Gasteiger partial charge in [0.05, 0.1) is 17.7 Å². The van der Waals surface area contributed by atoms with Gasteiger partial charge in [-0.05, 0) is 74.7 Å². The quantitative estimate of drug-likeness (QED) is 0.561. The predicted octanol–water partition coefficient (Wildman–Crippen LogP) is 4.76. The van der Waals surface area contributed by atoms with Gasteiger partial charge in [0.25, 0.3) is 10.0 Å². The van der Waals surface area contributed by atoms with Crippen molar-refractivity contribution in [3.8, 4) is 5.75 Å². The first-order chi connectivity index (χ1) is 15.1. The van der Waals surface area contributed by atoms with Crippen LogP contribution in [0.5, 0.6) is 5.75 Å². The second-order valence-corrected chi connectivity index (χ2v) is 9.66. The Hall–Kier alpha value is -3.32. The van der Waals surface area contributed by atoms with Crippen molar-refractivity contribution in [2.24, 2.45) is 0 Å². The number of hydrogen-bond acceptors (Lipinski definition) is 4. The fourth-order valence-corrected chi connectivity index (χ4v) is 5.24. The Morgan fingerprint density at radius 1 is 0.906 bits per heavy atom. The summed E-state index contributed by atoms with van der Waals surface area (Å²) in [7, 11) is -2.47. The first-order valence-electron chi connectivity index (χ1n) is 10.2. The van der Waals surface area contributed by atoms with Crippen LogP contribution in [0.1, 0.15) is 22.3 Å². The number of para-hydroxylation sites is 1. The number of anilines is 2. The van der Waals surface area contributed by atoms with Crippen molar-refractivity contribution in [1.82, 2.24) is 0 Å². The average molecular weight is 453 g/mol. The Labute approximate surface area is 189 Å². The van der Waals surface area contributed by atoms with Crippen LogP contribution in [0.15, 0.2) is 65.6 Å². The number of carbonyl (C=O) groups excluding carboxylic acids is 1. The lowest BCUT2D eigenvalue weighted by Gasteiger charge is -2.25. The zero-order chi connectivity index (χ0) is 23.5. The van der Waals surface area contributed by atoms with Gasteiger partial charge in [-0.3, -0.25) is 9.10 Å². The minimum atomic E-state index is -4.00. The molecular formula is C25H28N2O4S. The lowest BCUT2D eigenvalue weighted by atomic mass is 10.1. The second kappa shape index (κ2) is 9.44. The van der Waals surface area contributed by atoms with E-state index >= 15 is 0 Å². The lowest BCUT2D eigenvalue weighted by Crippen LogP contribution is -2.38. The summed E-state index contributed by atoms with van der Waals surface area (Å²) in [5.41, 5.74) is 4.75. The zero-order valence-electron chi connectivity index (χ0n) is 19.0. The van der Waals surface area contributed by atoms with E-state index in [2.05, 4.69) is 5.32 Å². The third-order valence-corrected chi connectivity index (χ3v) is 7.00. The Morgan fingerprint density at radius 2 is 1.53 bits per heavy atom. The average Bonchev–Trinajstić information content (AvgIpc) is 2.75. The van der Waals surface area contributed by atoms with Crippen molar-refractivity contribution in [3.05, 3.63) is 82.9 Å². The van der Waals surface area contributed by atoms with Crippen LogP contribution in [0.2, 0.25) is 0 Å². The molecule has 3 rings (SSSR count). The zero-order valence-corrected chi connectivity index (χ0v) is 19.8. The molecule has 0 aromatic heterocycles. The van der Waals surface area contributed by atoms with Gasteiger partial charge in [0, 0.05) is 5.69 Å². The number of hydrogen-bond donors (Lipinski definition) is 1. The van der Waals surface area contributed by atoms with Crippen molar-refractivity contribution >= 4 is 27.3 Å². The van der Waals surface area contributed by atoms with Gasteiger partial charge in [-0.15, -0.1) is 0 Å². The highest BCUT2D eigenvalue weighted by molar-refractivity contribution is 7.92. The van der Waals surface area contributed by atoms with Crippen molar-refractivity contribution in [2.75, 3.05) is 23.3 Å². The molecule has 0 saturated heterocycles. The molecule has 0 atom stereocenters. The van der Waals surface area contributed by atoms with Crippen molar-refractivity contribution in [2.45, 2.75) is 32.6 Å². The predicted molar refractivity (Wildman–Crippen MR) is 128 cm³/mol. The minimum absolute atomic E-state index is 0.0927. The summed E-state index contributed by atoms with van der Waals surface area (Å²) in [5, 5.41) is 2.89. The number of carbonyl (C=O) groups is 1. The molecule has 0 bridgehead atoms. The molecule has 0 aliphatic carbocycles. The third-order valence-electron chi connectivity index (χ3n) is 5.23. The van der Waals surface area contributed by atoms with Crippen LogP contribution < -0.4 is 14.4 Å².